The Morgan fingerprint density at radius 3 is 2.93 bits per heavy atom. The van der Waals surface area contributed by atoms with Crippen LogP contribution in [0, 0.1) is 5.92 Å². The zero-order chi connectivity index (χ0) is 20.4. The molecule has 0 radical (unpaired) electrons. The number of ether oxygens (including phenoxy) is 1. The predicted molar refractivity (Wildman–Crippen MR) is 110 cm³/mol. The van der Waals surface area contributed by atoms with Gasteiger partial charge in [0.05, 0.1) is 23.4 Å². The van der Waals surface area contributed by atoms with Gasteiger partial charge in [-0.1, -0.05) is 6.07 Å². The van der Waals surface area contributed by atoms with E-state index in [0.717, 1.165) is 12.8 Å². The minimum absolute atomic E-state index is 0.0128. The van der Waals surface area contributed by atoms with Gasteiger partial charge in [0.25, 0.3) is 5.91 Å². The third kappa shape index (κ3) is 4.26. The van der Waals surface area contributed by atoms with Gasteiger partial charge in [-0.3, -0.25) is 18.6 Å². The molecule has 154 valence electrons. The van der Waals surface area contributed by atoms with Crippen LogP contribution in [0.5, 0.6) is 5.75 Å². The Kier molecular flexibility index (Phi) is 5.26. The number of nitrogens with two attached hydrogens (primary N) is 1. The van der Waals surface area contributed by atoms with Crippen molar-refractivity contribution in [3.05, 3.63) is 48.0 Å². The molecule has 2 aromatic rings. The van der Waals surface area contributed by atoms with E-state index in [1.165, 1.54) is 18.7 Å². The summed E-state index contributed by atoms with van der Waals surface area (Å²) in [5.74, 6) is 0.589. The van der Waals surface area contributed by atoms with Crippen molar-refractivity contribution >= 4 is 28.4 Å². The number of hydrogen-bond acceptors (Lipinski definition) is 9. The first-order valence-corrected chi connectivity index (χ1v) is 10.6. The van der Waals surface area contributed by atoms with Gasteiger partial charge in [-0.25, -0.2) is 9.97 Å². The summed E-state index contributed by atoms with van der Waals surface area (Å²) in [5.41, 5.74) is 7.36. The maximum atomic E-state index is 12.6. The summed E-state index contributed by atoms with van der Waals surface area (Å²) in [6.45, 7) is 1.66. The maximum Gasteiger partial charge on any atom is 0.257 e. The van der Waals surface area contributed by atoms with Crippen LogP contribution in [0.1, 0.15) is 28.8 Å². The fourth-order valence-corrected chi connectivity index (χ4v) is 4.42. The van der Waals surface area contributed by atoms with Gasteiger partial charge in [-0.15, -0.1) is 4.40 Å². The lowest BCUT2D eigenvalue weighted by Crippen LogP contribution is -2.41. The average molecular weight is 418 g/mol. The molecule has 1 amide bonds. The first kappa shape index (κ1) is 19.4. The molecule has 4 rings (SSSR count). The van der Waals surface area contributed by atoms with E-state index in [4.69, 9.17) is 10.5 Å². The van der Waals surface area contributed by atoms with Crippen LogP contribution in [0.25, 0.3) is 0 Å². The molecule has 1 aromatic heterocycles. The maximum absolute atomic E-state index is 12.6. The van der Waals surface area contributed by atoms with Crippen LogP contribution in [0.3, 0.4) is 0 Å². The SMILES string of the molecule is NC1=NS(O)(O)Nc2cccc(OCC3CCCN(C(=O)c4cncnc4)C3)c21. The van der Waals surface area contributed by atoms with E-state index < -0.39 is 11.0 Å². The Labute approximate surface area is 169 Å². The second kappa shape index (κ2) is 7.85. The van der Waals surface area contributed by atoms with Gasteiger partial charge in [0, 0.05) is 31.4 Å². The minimum Gasteiger partial charge on any atom is -0.492 e. The summed E-state index contributed by atoms with van der Waals surface area (Å²) in [5, 5.41) is 0. The number of nitrogens with one attached hydrogen (secondary N) is 1. The van der Waals surface area contributed by atoms with Gasteiger partial charge in [0.1, 0.15) is 12.1 Å². The second-order valence-corrected chi connectivity index (χ2v) is 8.40. The Balaban J connectivity index is 1.43. The monoisotopic (exact) mass is 418 g/mol. The molecule has 0 bridgehead atoms. The molecular formula is C18H22N6O4S. The molecule has 5 N–H and O–H groups in total. The number of amidine groups is 1. The van der Waals surface area contributed by atoms with Crippen LogP contribution in [0.15, 0.2) is 41.3 Å². The number of amides is 1. The lowest BCUT2D eigenvalue weighted by atomic mass is 9.98. The molecule has 3 heterocycles. The van der Waals surface area contributed by atoms with Gasteiger partial charge in [0.2, 0.25) is 0 Å². The Morgan fingerprint density at radius 1 is 1.34 bits per heavy atom. The predicted octanol–water partition coefficient (Wildman–Crippen LogP) is 2.12. The minimum atomic E-state index is -3.34. The van der Waals surface area contributed by atoms with Crippen molar-refractivity contribution in [1.82, 2.24) is 14.9 Å². The fourth-order valence-electron chi connectivity index (χ4n) is 3.54. The lowest BCUT2D eigenvalue weighted by Gasteiger charge is -2.34. The number of carbonyl (C=O) groups excluding carboxylic acids is 1. The number of carbonyl (C=O) groups is 1. The number of rotatable bonds is 4. The largest absolute Gasteiger partial charge is 0.492 e. The average Bonchev–Trinajstić information content (AvgIpc) is 2.71. The zero-order valence-electron chi connectivity index (χ0n) is 15.6. The van der Waals surface area contributed by atoms with Crippen molar-refractivity contribution in [2.24, 2.45) is 16.0 Å². The first-order chi connectivity index (χ1) is 13.9. The molecule has 2 aliphatic rings. The number of likely N-dealkylation sites (tertiary alicyclic amines) is 1. The molecule has 11 heteroatoms. The summed E-state index contributed by atoms with van der Waals surface area (Å²) in [4.78, 5) is 22.2. The van der Waals surface area contributed by atoms with Crippen LogP contribution >= 0.6 is 11.0 Å². The topological polar surface area (TPSA) is 146 Å². The van der Waals surface area contributed by atoms with Gasteiger partial charge >= 0.3 is 0 Å². The first-order valence-electron chi connectivity index (χ1n) is 9.15. The summed E-state index contributed by atoms with van der Waals surface area (Å²) in [7, 11) is -3.34. The molecule has 10 nitrogen and oxygen atoms in total. The van der Waals surface area contributed by atoms with Crippen molar-refractivity contribution in [2.75, 3.05) is 24.4 Å². The van der Waals surface area contributed by atoms with Crippen molar-refractivity contribution in [3.63, 3.8) is 0 Å². The van der Waals surface area contributed by atoms with Crippen molar-refractivity contribution in [3.8, 4) is 5.75 Å². The normalized spacial score (nSPS) is 21.4. The van der Waals surface area contributed by atoms with E-state index in [1.807, 2.05) is 0 Å². The van der Waals surface area contributed by atoms with Gasteiger partial charge in [-0.2, -0.15) is 0 Å². The molecule has 1 saturated heterocycles. The zero-order valence-corrected chi connectivity index (χ0v) is 16.4. The van der Waals surface area contributed by atoms with Crippen LogP contribution in [0.4, 0.5) is 5.69 Å². The molecule has 29 heavy (non-hydrogen) atoms. The number of hydrogen-bond donors (Lipinski definition) is 4. The molecule has 0 aliphatic carbocycles. The summed E-state index contributed by atoms with van der Waals surface area (Å²) >= 11 is 0. The molecule has 0 saturated carbocycles. The van der Waals surface area contributed by atoms with Crippen molar-refractivity contribution < 1.29 is 18.6 Å². The number of piperidine rings is 1. The number of aromatic nitrogens is 2. The quantitative estimate of drug-likeness (QED) is 0.590. The third-order valence-corrected chi connectivity index (χ3v) is 5.79. The highest BCUT2D eigenvalue weighted by Crippen LogP contribution is 2.46. The highest BCUT2D eigenvalue weighted by Gasteiger charge is 2.28. The smallest absolute Gasteiger partial charge is 0.257 e. The molecule has 0 spiro atoms. The Morgan fingerprint density at radius 2 is 2.14 bits per heavy atom. The molecule has 2 aliphatic heterocycles. The van der Waals surface area contributed by atoms with Crippen LogP contribution in [-0.4, -0.2) is 55.4 Å². The molecule has 1 unspecified atom stereocenters. The summed E-state index contributed by atoms with van der Waals surface area (Å²) in [6.07, 6.45) is 6.25. The number of nitrogens with zero attached hydrogens (tertiary/aromatic N) is 4. The van der Waals surface area contributed by atoms with E-state index in [9.17, 15) is 13.9 Å². The molecular weight excluding hydrogens is 396 g/mol. The van der Waals surface area contributed by atoms with Crippen molar-refractivity contribution in [1.29, 1.82) is 0 Å². The highest BCUT2D eigenvalue weighted by molar-refractivity contribution is 8.24. The van der Waals surface area contributed by atoms with E-state index in [1.54, 1.807) is 23.1 Å². The van der Waals surface area contributed by atoms with Crippen LogP contribution < -0.4 is 15.2 Å². The van der Waals surface area contributed by atoms with E-state index >= 15 is 0 Å². The van der Waals surface area contributed by atoms with Gasteiger partial charge < -0.3 is 15.4 Å². The molecule has 1 fully saturated rings. The highest BCUT2D eigenvalue weighted by atomic mass is 32.3. The fraction of sp³-hybridized carbons (Fsp3) is 0.333. The van der Waals surface area contributed by atoms with Crippen molar-refractivity contribution in [2.45, 2.75) is 12.8 Å². The molecule has 1 aromatic carbocycles. The number of fused-ring (bicyclic) bond motifs is 1. The van der Waals surface area contributed by atoms with Crippen LogP contribution in [0.2, 0.25) is 0 Å². The summed E-state index contributed by atoms with van der Waals surface area (Å²) < 4.78 is 31.8. The number of anilines is 1. The third-order valence-electron chi connectivity index (χ3n) is 4.84. The Bertz CT molecular complexity index is 939. The van der Waals surface area contributed by atoms with Gasteiger partial charge in [0.15, 0.2) is 5.84 Å². The van der Waals surface area contributed by atoms with Crippen LogP contribution in [-0.2, 0) is 0 Å². The molecule has 1 atom stereocenters. The Hall–Kier alpha value is -2.89. The lowest BCUT2D eigenvalue weighted by molar-refractivity contribution is 0.0632. The van der Waals surface area contributed by atoms with Gasteiger partial charge in [-0.05, 0) is 35.9 Å². The van der Waals surface area contributed by atoms with E-state index in [0.29, 0.717) is 42.3 Å². The standard InChI is InChI=1S/C18H22N6O4S/c19-17-16-14(22-29(26,27)23-17)4-1-5-15(16)28-10-12-3-2-6-24(9-12)18(25)13-7-20-11-21-8-13/h1,4-5,7-8,11-12,22,26-27H,2-3,6,9-10H2,(H2,19,23). The number of benzene rings is 1. The van der Waals surface area contributed by atoms with E-state index in [-0.39, 0.29) is 17.7 Å². The second-order valence-electron chi connectivity index (χ2n) is 6.97. The van der Waals surface area contributed by atoms with E-state index in [2.05, 4.69) is 19.1 Å². The summed E-state index contributed by atoms with van der Waals surface area (Å²) in [6, 6.07) is 5.18.